The molecule has 2 aromatic rings. The fraction of sp³-hybridized carbons (Fsp3) is 0.389. The van der Waals surface area contributed by atoms with Crippen molar-refractivity contribution in [3.05, 3.63) is 47.7 Å². The van der Waals surface area contributed by atoms with Gasteiger partial charge in [-0.2, -0.15) is 0 Å². The summed E-state index contributed by atoms with van der Waals surface area (Å²) in [4.78, 5) is 12.2. The summed E-state index contributed by atoms with van der Waals surface area (Å²) in [7, 11) is 0. The Bertz CT molecular complexity index is 620. The van der Waals surface area contributed by atoms with Crippen LogP contribution in [0.1, 0.15) is 55.6 Å². The smallest absolute Gasteiger partial charge is 0.276 e. The van der Waals surface area contributed by atoms with Gasteiger partial charge in [-0.05, 0) is 42.2 Å². The summed E-state index contributed by atoms with van der Waals surface area (Å²) in [5.74, 6) is 0.907. The third-order valence-corrected chi connectivity index (χ3v) is 3.57. The van der Waals surface area contributed by atoms with Crippen molar-refractivity contribution < 1.29 is 4.79 Å². The number of hydrogen-bond donors (Lipinski definition) is 2. The maximum Gasteiger partial charge on any atom is 0.276 e. The topological polar surface area (TPSA) is 66.9 Å². The Balaban J connectivity index is 1.94. The standard InChI is InChI=1S/C18H24N4O/c1-4-5-12-19-17-11-10-16(21-22-17)18(23)20-15-8-6-14(7-9-15)13(2)3/h6-11,13H,4-5,12H2,1-3H3,(H,19,22)(H,20,23). The molecule has 1 aromatic heterocycles. The molecule has 1 aromatic carbocycles. The average molecular weight is 312 g/mol. The molecule has 23 heavy (non-hydrogen) atoms. The second-order valence-electron chi connectivity index (χ2n) is 5.81. The summed E-state index contributed by atoms with van der Waals surface area (Å²) in [6, 6.07) is 11.3. The molecule has 0 bridgehead atoms. The quantitative estimate of drug-likeness (QED) is 0.756. The van der Waals surface area contributed by atoms with E-state index in [1.165, 1.54) is 5.56 Å². The molecule has 1 amide bonds. The molecule has 122 valence electrons. The first kappa shape index (κ1) is 16.9. The Morgan fingerprint density at radius 3 is 2.39 bits per heavy atom. The third-order valence-electron chi connectivity index (χ3n) is 3.57. The molecular formula is C18H24N4O. The van der Waals surface area contributed by atoms with E-state index in [0.29, 0.717) is 17.4 Å². The number of rotatable bonds is 7. The fourth-order valence-corrected chi connectivity index (χ4v) is 2.09. The first-order chi connectivity index (χ1) is 11.1. The van der Waals surface area contributed by atoms with Crippen molar-refractivity contribution in [3.63, 3.8) is 0 Å². The van der Waals surface area contributed by atoms with E-state index in [1.807, 2.05) is 24.3 Å². The lowest BCUT2D eigenvalue weighted by Crippen LogP contribution is -2.15. The fourth-order valence-electron chi connectivity index (χ4n) is 2.09. The van der Waals surface area contributed by atoms with Gasteiger partial charge < -0.3 is 10.6 Å². The minimum absolute atomic E-state index is 0.255. The second-order valence-corrected chi connectivity index (χ2v) is 5.81. The Hall–Kier alpha value is -2.43. The number of carbonyl (C=O) groups excluding carboxylic acids is 1. The van der Waals surface area contributed by atoms with Crippen LogP contribution in [0.25, 0.3) is 0 Å². The summed E-state index contributed by atoms with van der Waals surface area (Å²) in [6.45, 7) is 7.27. The van der Waals surface area contributed by atoms with Crippen LogP contribution in [0.15, 0.2) is 36.4 Å². The van der Waals surface area contributed by atoms with E-state index >= 15 is 0 Å². The first-order valence-corrected chi connectivity index (χ1v) is 8.09. The van der Waals surface area contributed by atoms with Crippen LogP contribution in [0.4, 0.5) is 11.5 Å². The number of aromatic nitrogens is 2. The van der Waals surface area contributed by atoms with Crippen LogP contribution in [-0.2, 0) is 0 Å². The highest BCUT2D eigenvalue weighted by Gasteiger charge is 2.09. The van der Waals surface area contributed by atoms with Crippen LogP contribution in [-0.4, -0.2) is 22.6 Å². The van der Waals surface area contributed by atoms with Gasteiger partial charge in [-0.1, -0.05) is 39.3 Å². The van der Waals surface area contributed by atoms with Crippen molar-refractivity contribution in [2.75, 3.05) is 17.2 Å². The molecular weight excluding hydrogens is 288 g/mol. The number of unbranched alkanes of at least 4 members (excludes halogenated alkanes) is 1. The van der Waals surface area contributed by atoms with Crippen LogP contribution in [0.5, 0.6) is 0 Å². The average Bonchev–Trinajstić information content (AvgIpc) is 2.56. The Morgan fingerprint density at radius 2 is 1.83 bits per heavy atom. The van der Waals surface area contributed by atoms with E-state index in [2.05, 4.69) is 41.6 Å². The SMILES string of the molecule is CCCCNc1ccc(C(=O)Nc2ccc(C(C)C)cc2)nn1. The van der Waals surface area contributed by atoms with Gasteiger partial charge in [-0.3, -0.25) is 4.79 Å². The highest BCUT2D eigenvalue weighted by atomic mass is 16.1. The number of amides is 1. The zero-order valence-corrected chi connectivity index (χ0v) is 14.0. The largest absolute Gasteiger partial charge is 0.369 e. The summed E-state index contributed by atoms with van der Waals surface area (Å²) in [6.07, 6.45) is 2.20. The summed E-state index contributed by atoms with van der Waals surface area (Å²) >= 11 is 0. The monoisotopic (exact) mass is 312 g/mol. The maximum absolute atomic E-state index is 12.2. The van der Waals surface area contributed by atoms with E-state index in [1.54, 1.807) is 12.1 Å². The predicted molar refractivity (Wildman–Crippen MR) is 93.9 cm³/mol. The molecule has 5 nitrogen and oxygen atoms in total. The lowest BCUT2D eigenvalue weighted by Gasteiger charge is -2.08. The zero-order chi connectivity index (χ0) is 16.7. The highest BCUT2D eigenvalue weighted by molar-refractivity contribution is 6.02. The number of nitrogens with one attached hydrogen (secondary N) is 2. The summed E-state index contributed by atoms with van der Waals surface area (Å²) < 4.78 is 0. The molecule has 0 radical (unpaired) electrons. The van der Waals surface area contributed by atoms with Crippen LogP contribution in [0.3, 0.4) is 0 Å². The lowest BCUT2D eigenvalue weighted by molar-refractivity contribution is 0.102. The predicted octanol–water partition coefficient (Wildman–Crippen LogP) is 4.06. The van der Waals surface area contributed by atoms with E-state index in [-0.39, 0.29) is 5.91 Å². The first-order valence-electron chi connectivity index (χ1n) is 8.09. The Kier molecular flexibility index (Phi) is 6.09. The van der Waals surface area contributed by atoms with Crippen LogP contribution in [0, 0.1) is 0 Å². The Labute approximate surface area is 137 Å². The minimum atomic E-state index is -0.255. The molecule has 0 saturated carbocycles. The molecule has 0 saturated heterocycles. The summed E-state index contributed by atoms with van der Waals surface area (Å²) in [5.41, 5.74) is 2.30. The number of anilines is 2. The third kappa shape index (κ3) is 5.06. The van der Waals surface area contributed by atoms with Gasteiger partial charge in [0.15, 0.2) is 5.69 Å². The van der Waals surface area contributed by atoms with Crippen LogP contribution < -0.4 is 10.6 Å². The maximum atomic E-state index is 12.2. The lowest BCUT2D eigenvalue weighted by atomic mass is 10.0. The van der Waals surface area contributed by atoms with Gasteiger partial charge in [-0.15, -0.1) is 10.2 Å². The molecule has 0 aliphatic rings. The minimum Gasteiger partial charge on any atom is -0.369 e. The van der Waals surface area contributed by atoms with Gasteiger partial charge in [0.1, 0.15) is 5.82 Å². The van der Waals surface area contributed by atoms with Crippen LogP contribution in [0.2, 0.25) is 0 Å². The molecule has 2 N–H and O–H groups in total. The molecule has 2 rings (SSSR count). The molecule has 5 heteroatoms. The van der Waals surface area contributed by atoms with Crippen molar-refractivity contribution in [1.82, 2.24) is 10.2 Å². The van der Waals surface area contributed by atoms with E-state index in [4.69, 9.17) is 0 Å². The number of nitrogens with zero attached hydrogens (tertiary/aromatic N) is 2. The van der Waals surface area contributed by atoms with Crippen molar-refractivity contribution in [3.8, 4) is 0 Å². The highest BCUT2D eigenvalue weighted by Crippen LogP contribution is 2.17. The molecule has 0 fully saturated rings. The van der Waals surface area contributed by atoms with Crippen LogP contribution >= 0.6 is 0 Å². The van der Waals surface area contributed by atoms with Gasteiger partial charge in [-0.25, -0.2) is 0 Å². The van der Waals surface area contributed by atoms with Crippen molar-refractivity contribution in [2.45, 2.75) is 39.5 Å². The number of carbonyl (C=O) groups is 1. The molecule has 0 unspecified atom stereocenters. The Morgan fingerprint density at radius 1 is 1.09 bits per heavy atom. The van der Waals surface area contributed by atoms with Crippen molar-refractivity contribution >= 4 is 17.4 Å². The van der Waals surface area contributed by atoms with Gasteiger partial charge in [0.25, 0.3) is 5.91 Å². The molecule has 0 aliphatic heterocycles. The second kappa shape index (κ2) is 8.27. The van der Waals surface area contributed by atoms with Gasteiger partial charge in [0, 0.05) is 12.2 Å². The number of benzene rings is 1. The van der Waals surface area contributed by atoms with Crippen molar-refractivity contribution in [2.24, 2.45) is 0 Å². The molecule has 0 atom stereocenters. The van der Waals surface area contributed by atoms with Crippen molar-refractivity contribution in [1.29, 1.82) is 0 Å². The van der Waals surface area contributed by atoms with E-state index in [9.17, 15) is 4.79 Å². The molecule has 1 heterocycles. The molecule has 0 aliphatic carbocycles. The van der Waals surface area contributed by atoms with E-state index < -0.39 is 0 Å². The van der Waals surface area contributed by atoms with Gasteiger partial charge in [0.05, 0.1) is 0 Å². The summed E-state index contributed by atoms with van der Waals surface area (Å²) in [5, 5.41) is 14.0. The zero-order valence-electron chi connectivity index (χ0n) is 14.0. The normalized spacial score (nSPS) is 10.6. The number of hydrogen-bond acceptors (Lipinski definition) is 4. The van der Waals surface area contributed by atoms with E-state index in [0.717, 1.165) is 25.1 Å². The van der Waals surface area contributed by atoms with Gasteiger partial charge >= 0.3 is 0 Å². The molecule has 0 spiro atoms. The van der Waals surface area contributed by atoms with Gasteiger partial charge in [0.2, 0.25) is 0 Å².